The lowest BCUT2D eigenvalue weighted by Gasteiger charge is -2.38. The van der Waals surface area contributed by atoms with Crippen LogP contribution in [0.2, 0.25) is 5.02 Å². The predicted octanol–water partition coefficient (Wildman–Crippen LogP) is 7.57. The van der Waals surface area contributed by atoms with Gasteiger partial charge in [-0.05, 0) is 78.7 Å². The third kappa shape index (κ3) is 5.12. The van der Waals surface area contributed by atoms with Crippen LogP contribution >= 0.6 is 11.6 Å². The van der Waals surface area contributed by atoms with Gasteiger partial charge in [0.1, 0.15) is 18.1 Å². The van der Waals surface area contributed by atoms with Crippen molar-refractivity contribution in [1.82, 2.24) is 5.01 Å². The van der Waals surface area contributed by atoms with Crippen LogP contribution in [0.1, 0.15) is 47.9 Å². The van der Waals surface area contributed by atoms with Crippen LogP contribution in [-0.2, 0) is 6.61 Å². The molecular weight excluding hydrogens is 512 g/mol. The third-order valence-electron chi connectivity index (χ3n) is 6.96. The predicted molar refractivity (Wildman–Crippen MR) is 152 cm³/mol. The molecule has 0 saturated carbocycles. The summed E-state index contributed by atoms with van der Waals surface area (Å²) in [6.45, 7) is 3.06. The van der Waals surface area contributed by atoms with E-state index in [2.05, 4.69) is 12.1 Å². The van der Waals surface area contributed by atoms with Gasteiger partial charge in [-0.25, -0.2) is 5.01 Å². The zero-order valence-corrected chi connectivity index (χ0v) is 22.6. The second-order valence-electron chi connectivity index (χ2n) is 9.44. The second kappa shape index (κ2) is 10.9. The van der Waals surface area contributed by atoms with Crippen molar-refractivity contribution in [1.29, 1.82) is 0 Å². The molecule has 4 aromatic carbocycles. The highest BCUT2D eigenvalue weighted by atomic mass is 35.5. The largest absolute Gasteiger partial charge is 0.494 e. The number of methoxy groups -OCH3 is 1. The van der Waals surface area contributed by atoms with E-state index in [-0.39, 0.29) is 6.04 Å². The van der Waals surface area contributed by atoms with Crippen molar-refractivity contribution in [2.24, 2.45) is 5.10 Å². The zero-order chi connectivity index (χ0) is 26.8. The first-order valence-corrected chi connectivity index (χ1v) is 13.4. The molecule has 2 atom stereocenters. The third-order valence-corrected chi connectivity index (χ3v) is 7.20. The molecule has 0 radical (unpaired) electrons. The van der Waals surface area contributed by atoms with Crippen LogP contribution in [0.4, 0.5) is 0 Å². The fourth-order valence-corrected chi connectivity index (χ4v) is 5.24. The molecule has 4 aromatic rings. The number of hydrazone groups is 1. The van der Waals surface area contributed by atoms with Crippen LogP contribution in [-0.4, -0.2) is 24.4 Å². The van der Waals surface area contributed by atoms with Crippen molar-refractivity contribution in [2.75, 3.05) is 13.7 Å². The Morgan fingerprint density at radius 2 is 1.74 bits per heavy atom. The Balaban J connectivity index is 1.32. The number of rotatable bonds is 8. The summed E-state index contributed by atoms with van der Waals surface area (Å²) in [5.41, 5.74) is 5.07. The van der Waals surface area contributed by atoms with E-state index in [1.54, 1.807) is 7.11 Å². The smallest absolute Gasteiger partial charge is 0.214 e. The van der Waals surface area contributed by atoms with Crippen LogP contribution in [0.15, 0.2) is 96.1 Å². The molecule has 0 amide bonds. The average molecular weight is 541 g/mol. The molecule has 0 aromatic heterocycles. The van der Waals surface area contributed by atoms with Gasteiger partial charge in [0.25, 0.3) is 0 Å². The number of hydrogen-bond donors (Lipinski definition) is 0. The number of hydrogen-bond acceptors (Lipinski definition) is 6. The van der Waals surface area contributed by atoms with Crippen LogP contribution in [0.25, 0.3) is 0 Å². The number of ether oxygens (including phenoxy) is 4. The van der Waals surface area contributed by atoms with Gasteiger partial charge in [0.15, 0.2) is 11.5 Å². The molecule has 0 fully saturated rings. The second-order valence-corrected chi connectivity index (χ2v) is 9.88. The van der Waals surface area contributed by atoms with Crippen LogP contribution in [0.3, 0.4) is 0 Å². The standard InChI is InChI=1S/C32H29ClN2O4/c1-3-37-25-13-9-22(10-14-25)27-19-28-26-18-24(33)12-16-29(26)39-32(35(28)34-27)23-11-15-30(31(17-23)36-2)38-20-21-7-5-4-6-8-21/h4-18,28,32H,3,19-20H2,1-2H3/t28-,32+/m1/s1. The lowest BCUT2D eigenvalue weighted by molar-refractivity contribution is -0.0191. The maximum absolute atomic E-state index is 6.53. The maximum Gasteiger partial charge on any atom is 0.214 e. The molecule has 2 aliphatic rings. The SMILES string of the molecule is CCOc1ccc(C2=NN3[C@H](C2)c2cc(Cl)ccc2O[C@H]3c2ccc(OCc3ccccc3)c(OC)c2)cc1. The van der Waals surface area contributed by atoms with Crippen molar-refractivity contribution in [3.63, 3.8) is 0 Å². The van der Waals surface area contributed by atoms with Gasteiger partial charge in [0, 0.05) is 22.6 Å². The van der Waals surface area contributed by atoms with E-state index in [0.29, 0.717) is 29.7 Å². The zero-order valence-electron chi connectivity index (χ0n) is 21.8. The topological polar surface area (TPSA) is 52.5 Å². The van der Waals surface area contributed by atoms with E-state index in [9.17, 15) is 0 Å². The Kier molecular flexibility index (Phi) is 7.03. The van der Waals surface area contributed by atoms with Gasteiger partial charge in [-0.2, -0.15) is 5.10 Å². The Labute approximate surface area is 233 Å². The molecule has 0 aliphatic carbocycles. The summed E-state index contributed by atoms with van der Waals surface area (Å²) in [6, 6.07) is 29.8. The quantitative estimate of drug-likeness (QED) is 0.231. The minimum Gasteiger partial charge on any atom is -0.494 e. The molecule has 2 heterocycles. The number of fused-ring (bicyclic) bond motifs is 3. The minimum absolute atomic E-state index is 0.0148. The summed E-state index contributed by atoms with van der Waals surface area (Å²) >= 11 is 6.40. The summed E-state index contributed by atoms with van der Waals surface area (Å²) in [6.07, 6.45) is 0.289. The van der Waals surface area contributed by atoms with Crippen LogP contribution in [0.5, 0.6) is 23.0 Å². The molecule has 6 nitrogen and oxygen atoms in total. The van der Waals surface area contributed by atoms with Gasteiger partial charge >= 0.3 is 0 Å². The lowest BCUT2D eigenvalue weighted by Crippen LogP contribution is -2.33. The first kappa shape index (κ1) is 25.1. The summed E-state index contributed by atoms with van der Waals surface area (Å²) in [5.74, 6) is 2.96. The summed E-state index contributed by atoms with van der Waals surface area (Å²) in [4.78, 5) is 0. The monoisotopic (exact) mass is 540 g/mol. The summed E-state index contributed by atoms with van der Waals surface area (Å²) in [5, 5.41) is 7.77. The Bertz CT molecular complexity index is 1490. The molecule has 0 spiro atoms. The van der Waals surface area contributed by atoms with Crippen molar-refractivity contribution < 1.29 is 18.9 Å². The maximum atomic E-state index is 6.53. The fourth-order valence-electron chi connectivity index (χ4n) is 5.06. The van der Waals surface area contributed by atoms with Crippen molar-refractivity contribution in [2.45, 2.75) is 32.2 Å². The summed E-state index contributed by atoms with van der Waals surface area (Å²) in [7, 11) is 1.65. The molecule has 6 rings (SSSR count). The fraction of sp³-hybridized carbons (Fsp3) is 0.219. The molecule has 39 heavy (non-hydrogen) atoms. The molecule has 0 N–H and O–H groups in total. The number of nitrogens with zero attached hydrogens (tertiary/aromatic N) is 2. The average Bonchev–Trinajstić information content (AvgIpc) is 3.43. The van der Waals surface area contributed by atoms with E-state index in [1.165, 1.54) is 0 Å². The Morgan fingerprint density at radius 3 is 2.51 bits per heavy atom. The van der Waals surface area contributed by atoms with Crippen LogP contribution < -0.4 is 18.9 Å². The Hall–Kier alpha value is -4.16. The molecular formula is C32H29ClN2O4. The van der Waals surface area contributed by atoms with Gasteiger partial charge < -0.3 is 18.9 Å². The molecule has 198 valence electrons. The Morgan fingerprint density at radius 1 is 0.923 bits per heavy atom. The number of halogens is 1. The highest BCUT2D eigenvalue weighted by molar-refractivity contribution is 6.30. The van der Waals surface area contributed by atoms with E-state index in [4.69, 9.17) is 35.6 Å². The highest BCUT2D eigenvalue weighted by Gasteiger charge is 2.41. The lowest BCUT2D eigenvalue weighted by atomic mass is 9.96. The molecule has 0 unspecified atom stereocenters. The number of benzene rings is 4. The van der Waals surface area contributed by atoms with E-state index in [0.717, 1.165) is 45.9 Å². The van der Waals surface area contributed by atoms with Gasteiger partial charge in [0.2, 0.25) is 6.23 Å². The van der Waals surface area contributed by atoms with Gasteiger partial charge in [-0.15, -0.1) is 0 Å². The van der Waals surface area contributed by atoms with Gasteiger partial charge in [0.05, 0.1) is 25.5 Å². The van der Waals surface area contributed by atoms with Gasteiger partial charge in [-0.3, -0.25) is 0 Å². The first-order chi connectivity index (χ1) is 19.1. The van der Waals surface area contributed by atoms with Crippen molar-refractivity contribution in [3.05, 3.63) is 118 Å². The molecule has 7 heteroatoms. The van der Waals surface area contributed by atoms with E-state index in [1.807, 2.05) is 90.8 Å². The molecule has 2 aliphatic heterocycles. The van der Waals surface area contributed by atoms with E-state index >= 15 is 0 Å². The van der Waals surface area contributed by atoms with Crippen molar-refractivity contribution in [3.8, 4) is 23.0 Å². The van der Waals surface area contributed by atoms with Gasteiger partial charge in [-0.1, -0.05) is 41.9 Å². The summed E-state index contributed by atoms with van der Waals surface area (Å²) < 4.78 is 24.0. The highest BCUT2D eigenvalue weighted by Crippen LogP contribution is 2.49. The minimum atomic E-state index is -0.444. The first-order valence-electron chi connectivity index (χ1n) is 13.0. The van der Waals surface area contributed by atoms with E-state index < -0.39 is 6.23 Å². The molecule has 0 bridgehead atoms. The normalized spacial score (nSPS) is 17.5. The van der Waals surface area contributed by atoms with Crippen molar-refractivity contribution >= 4 is 17.3 Å². The van der Waals surface area contributed by atoms with Crippen LogP contribution in [0, 0.1) is 0 Å². The molecule has 0 saturated heterocycles.